The maximum Gasteiger partial charge on any atom is 0.279 e. The second kappa shape index (κ2) is 12.8. The topological polar surface area (TPSA) is 96.5 Å². The van der Waals surface area contributed by atoms with Gasteiger partial charge in [-0.1, -0.05) is 56.6 Å². The summed E-state index contributed by atoms with van der Waals surface area (Å²) in [5, 5.41) is 3.28. The zero-order valence-corrected chi connectivity index (χ0v) is 20.3. The summed E-state index contributed by atoms with van der Waals surface area (Å²) in [7, 11) is 0. The van der Waals surface area contributed by atoms with Gasteiger partial charge in [-0.15, -0.1) is 0 Å². The van der Waals surface area contributed by atoms with Gasteiger partial charge in [-0.25, -0.2) is 0 Å². The Bertz CT molecular complexity index is 980. The van der Waals surface area contributed by atoms with E-state index in [4.69, 9.17) is 16.3 Å². The number of para-hydroxylation sites is 1. The van der Waals surface area contributed by atoms with Gasteiger partial charge in [0.05, 0.1) is 0 Å². The van der Waals surface area contributed by atoms with E-state index in [1.165, 1.54) is 0 Å². The summed E-state index contributed by atoms with van der Waals surface area (Å²) in [5.74, 6) is -0.297. The first kappa shape index (κ1) is 26.2. The number of carbonyl (C=O) groups excluding carboxylic acids is 3. The van der Waals surface area contributed by atoms with Crippen LogP contribution in [-0.2, 0) is 14.4 Å². The lowest BCUT2D eigenvalue weighted by Gasteiger charge is -2.21. The Hall–Kier alpha value is -3.06. The minimum Gasteiger partial charge on any atom is -0.480 e. The summed E-state index contributed by atoms with van der Waals surface area (Å²) >= 11 is 6.05. The van der Waals surface area contributed by atoms with E-state index in [0.29, 0.717) is 28.8 Å². The van der Waals surface area contributed by atoms with Crippen molar-refractivity contribution in [1.82, 2.24) is 10.9 Å². The quantitative estimate of drug-likeness (QED) is 0.428. The van der Waals surface area contributed by atoms with E-state index in [1.807, 2.05) is 31.2 Å². The number of hydrazine groups is 1. The number of halogens is 1. The molecule has 3 N–H and O–H groups in total. The molecule has 7 nitrogen and oxygen atoms in total. The third kappa shape index (κ3) is 7.79. The van der Waals surface area contributed by atoms with Crippen LogP contribution in [0.15, 0.2) is 42.5 Å². The number of carbonyl (C=O) groups is 3. The highest BCUT2D eigenvalue weighted by Gasteiger charge is 2.21. The van der Waals surface area contributed by atoms with Crippen LogP contribution in [0.25, 0.3) is 0 Å². The highest BCUT2D eigenvalue weighted by molar-refractivity contribution is 6.31. The van der Waals surface area contributed by atoms with E-state index in [1.54, 1.807) is 25.1 Å². The van der Waals surface area contributed by atoms with Crippen LogP contribution < -0.4 is 20.9 Å². The molecule has 0 aliphatic carbocycles. The van der Waals surface area contributed by atoms with Gasteiger partial charge in [0.1, 0.15) is 5.75 Å². The molecule has 0 aliphatic rings. The smallest absolute Gasteiger partial charge is 0.279 e. The molecule has 0 fully saturated rings. The Labute approximate surface area is 200 Å². The number of anilines is 1. The predicted molar refractivity (Wildman–Crippen MR) is 130 cm³/mol. The van der Waals surface area contributed by atoms with E-state index >= 15 is 0 Å². The lowest BCUT2D eigenvalue weighted by Crippen LogP contribution is -2.48. The first-order valence-electron chi connectivity index (χ1n) is 11.2. The first-order valence-corrected chi connectivity index (χ1v) is 11.5. The number of hydrogen-bond acceptors (Lipinski definition) is 4. The summed E-state index contributed by atoms with van der Waals surface area (Å²) in [6.07, 6.45) is 0.496. The average Bonchev–Trinajstić information content (AvgIpc) is 2.82. The number of ether oxygens (including phenoxy) is 1. The molecule has 0 heterocycles. The van der Waals surface area contributed by atoms with Crippen molar-refractivity contribution in [1.29, 1.82) is 0 Å². The molecule has 2 aromatic rings. The van der Waals surface area contributed by atoms with E-state index in [2.05, 4.69) is 30.0 Å². The van der Waals surface area contributed by atoms with Gasteiger partial charge >= 0.3 is 0 Å². The molecular formula is C25H32ClN3O4. The largest absolute Gasteiger partial charge is 0.480 e. The normalized spacial score (nSPS) is 12.4. The number of benzene rings is 2. The molecule has 0 saturated heterocycles. The number of nitrogens with one attached hydrogen (secondary N) is 3. The van der Waals surface area contributed by atoms with Crippen molar-refractivity contribution < 1.29 is 19.1 Å². The molecule has 178 valence electrons. The molecule has 33 heavy (non-hydrogen) atoms. The third-order valence-electron chi connectivity index (χ3n) is 5.44. The van der Waals surface area contributed by atoms with Crippen LogP contribution in [0.1, 0.15) is 63.5 Å². The Morgan fingerprint density at radius 1 is 0.939 bits per heavy atom. The second-order valence-corrected chi connectivity index (χ2v) is 8.27. The van der Waals surface area contributed by atoms with Crippen LogP contribution in [0, 0.1) is 6.92 Å². The van der Waals surface area contributed by atoms with Crippen LogP contribution in [0.4, 0.5) is 5.69 Å². The Morgan fingerprint density at radius 3 is 2.33 bits per heavy atom. The Morgan fingerprint density at radius 2 is 1.64 bits per heavy atom. The third-order valence-corrected chi connectivity index (χ3v) is 5.85. The summed E-state index contributed by atoms with van der Waals surface area (Å²) in [6.45, 7) is 7.83. The average molecular weight is 474 g/mol. The van der Waals surface area contributed by atoms with Crippen molar-refractivity contribution in [3.8, 4) is 5.75 Å². The SMILES string of the molecule is CCC(Oc1ccccc1C(C)CC)C(=O)NNC(=O)CCC(=O)Nc1cccc(Cl)c1C. The summed E-state index contributed by atoms with van der Waals surface area (Å²) in [6, 6.07) is 12.9. The molecule has 0 aliphatic heterocycles. The van der Waals surface area contributed by atoms with Gasteiger partial charge in [0, 0.05) is 23.6 Å². The van der Waals surface area contributed by atoms with E-state index in [0.717, 1.165) is 17.5 Å². The van der Waals surface area contributed by atoms with Crippen LogP contribution in [0.2, 0.25) is 5.02 Å². The molecule has 0 bridgehead atoms. The van der Waals surface area contributed by atoms with E-state index in [-0.39, 0.29) is 18.7 Å². The predicted octanol–water partition coefficient (Wildman–Crippen LogP) is 4.89. The minimum atomic E-state index is -0.760. The molecule has 0 spiro atoms. The minimum absolute atomic E-state index is 0.0381. The van der Waals surface area contributed by atoms with Gasteiger partial charge in [0.15, 0.2) is 6.10 Å². The molecule has 2 rings (SSSR count). The molecule has 0 saturated carbocycles. The van der Waals surface area contributed by atoms with Gasteiger partial charge < -0.3 is 10.1 Å². The highest BCUT2D eigenvalue weighted by Crippen LogP contribution is 2.29. The van der Waals surface area contributed by atoms with Crippen LogP contribution in [0.5, 0.6) is 5.75 Å². The zero-order chi connectivity index (χ0) is 24.4. The standard InChI is InChI=1S/C25H32ClN3O4/c1-5-16(3)18-10-7-8-13-22(18)33-21(6-2)25(32)29-28-24(31)15-14-23(30)27-20-12-9-11-19(26)17(20)4/h7-13,16,21H,5-6,14-15H2,1-4H3,(H,27,30)(H,28,31)(H,29,32). The van der Waals surface area contributed by atoms with Crippen LogP contribution >= 0.6 is 11.6 Å². The van der Waals surface area contributed by atoms with Gasteiger partial charge in [-0.3, -0.25) is 25.2 Å². The van der Waals surface area contributed by atoms with Gasteiger partial charge in [0.2, 0.25) is 11.8 Å². The first-order chi connectivity index (χ1) is 15.8. The van der Waals surface area contributed by atoms with Crippen LogP contribution in [-0.4, -0.2) is 23.8 Å². The van der Waals surface area contributed by atoms with Crippen molar-refractivity contribution in [2.45, 2.75) is 65.4 Å². The van der Waals surface area contributed by atoms with E-state index in [9.17, 15) is 14.4 Å². The van der Waals surface area contributed by atoms with Gasteiger partial charge in [-0.2, -0.15) is 0 Å². The van der Waals surface area contributed by atoms with Gasteiger partial charge in [0.25, 0.3) is 5.91 Å². The Kier molecular flexibility index (Phi) is 10.2. The summed E-state index contributed by atoms with van der Waals surface area (Å²) in [4.78, 5) is 36.8. The lowest BCUT2D eigenvalue weighted by atomic mass is 9.98. The highest BCUT2D eigenvalue weighted by atomic mass is 35.5. The summed E-state index contributed by atoms with van der Waals surface area (Å²) < 4.78 is 5.96. The zero-order valence-electron chi connectivity index (χ0n) is 19.5. The molecule has 2 atom stereocenters. The number of hydrogen-bond donors (Lipinski definition) is 3. The second-order valence-electron chi connectivity index (χ2n) is 7.86. The fourth-order valence-electron chi connectivity index (χ4n) is 3.15. The molecular weight excluding hydrogens is 442 g/mol. The van der Waals surface area contributed by atoms with E-state index < -0.39 is 17.9 Å². The van der Waals surface area contributed by atoms with Gasteiger partial charge in [-0.05, 0) is 55.0 Å². The van der Waals surface area contributed by atoms with Crippen molar-refractivity contribution in [3.63, 3.8) is 0 Å². The maximum absolute atomic E-state index is 12.5. The molecule has 0 aromatic heterocycles. The monoisotopic (exact) mass is 473 g/mol. The number of rotatable bonds is 10. The molecule has 3 amide bonds. The number of amides is 3. The summed E-state index contributed by atoms with van der Waals surface area (Å²) in [5.41, 5.74) is 7.14. The maximum atomic E-state index is 12.5. The molecule has 2 aromatic carbocycles. The fourth-order valence-corrected chi connectivity index (χ4v) is 3.32. The Balaban J connectivity index is 1.83. The van der Waals surface area contributed by atoms with Crippen molar-refractivity contribution in [2.75, 3.05) is 5.32 Å². The molecule has 8 heteroatoms. The van der Waals surface area contributed by atoms with Crippen molar-refractivity contribution in [2.24, 2.45) is 0 Å². The van der Waals surface area contributed by atoms with Crippen LogP contribution in [0.3, 0.4) is 0 Å². The van der Waals surface area contributed by atoms with Crippen molar-refractivity contribution >= 4 is 35.0 Å². The lowest BCUT2D eigenvalue weighted by molar-refractivity contribution is -0.133. The fraction of sp³-hybridized carbons (Fsp3) is 0.400. The molecule has 2 unspecified atom stereocenters. The molecule has 0 radical (unpaired) electrons. The van der Waals surface area contributed by atoms with Crippen molar-refractivity contribution in [3.05, 3.63) is 58.6 Å².